The highest BCUT2D eigenvalue weighted by Crippen LogP contribution is 2.32. The van der Waals surface area contributed by atoms with Gasteiger partial charge in [-0.1, -0.05) is 0 Å². The van der Waals surface area contributed by atoms with Gasteiger partial charge in [0, 0.05) is 0 Å². The topological polar surface area (TPSA) is 72.9 Å². The molecule has 2 fully saturated rings. The van der Waals surface area contributed by atoms with Crippen molar-refractivity contribution in [1.29, 1.82) is 0 Å². The van der Waals surface area contributed by atoms with Gasteiger partial charge in [-0.2, -0.15) is 0 Å². The van der Waals surface area contributed by atoms with Crippen LogP contribution in [0.15, 0.2) is 0 Å². The van der Waals surface area contributed by atoms with E-state index in [0.29, 0.717) is 0 Å². The first-order chi connectivity index (χ1) is 7.57. The number of carbonyl (C=O) groups excluding carboxylic acids is 3. The number of Topliss-reactive ketones (excluding diaryl/α,β-unsaturated/α-hetero) is 2. The van der Waals surface area contributed by atoms with Gasteiger partial charge in [0.15, 0.2) is 17.6 Å². The molecule has 0 aliphatic carbocycles. The number of hydrogen-bond donors (Lipinski definition) is 0. The third-order valence-electron chi connectivity index (χ3n) is 3.09. The van der Waals surface area contributed by atoms with Gasteiger partial charge in [-0.15, -0.1) is 0 Å². The highest BCUT2D eigenvalue weighted by Gasteiger charge is 2.55. The quantitative estimate of drug-likeness (QED) is 0.570. The van der Waals surface area contributed by atoms with Crippen molar-refractivity contribution in [2.45, 2.75) is 19.0 Å². The Balaban J connectivity index is 2.33. The highest BCUT2D eigenvalue weighted by molar-refractivity contribution is 6.10. The summed E-state index contributed by atoms with van der Waals surface area (Å²) in [4.78, 5) is 36.1. The second-order valence-electron chi connectivity index (χ2n) is 4.00. The fraction of sp³-hybridized carbons (Fsp3) is 0.700. The molecule has 0 bridgehead atoms. The molecular formula is C10H13NO5. The maximum absolute atomic E-state index is 11.9. The highest BCUT2D eigenvalue weighted by atomic mass is 16.5. The second kappa shape index (κ2) is 3.86. The molecule has 0 saturated carbocycles. The van der Waals surface area contributed by atoms with Crippen molar-refractivity contribution in [1.82, 2.24) is 4.90 Å². The zero-order valence-corrected chi connectivity index (χ0v) is 9.13. The van der Waals surface area contributed by atoms with Crippen LogP contribution in [0.25, 0.3) is 0 Å². The molecule has 1 unspecified atom stereocenters. The van der Waals surface area contributed by atoms with E-state index in [1.807, 2.05) is 0 Å². The van der Waals surface area contributed by atoms with Gasteiger partial charge in [0.25, 0.3) is 0 Å². The van der Waals surface area contributed by atoms with Crippen LogP contribution in [-0.2, 0) is 19.1 Å². The molecule has 3 atom stereocenters. The molecule has 2 aliphatic rings. The van der Waals surface area contributed by atoms with Crippen LogP contribution >= 0.6 is 0 Å². The standard InChI is InChI=1S/C10H13NO5/c1-5(12)8-9(13)6-3-16-4-7(6)11(8)10(14)15-2/h6-8H,3-4H2,1-2H3/t6-,7+,8?/m0/s1. The Morgan fingerprint density at radius 2 is 2.12 bits per heavy atom. The summed E-state index contributed by atoms with van der Waals surface area (Å²) in [7, 11) is 1.23. The second-order valence-corrected chi connectivity index (χ2v) is 4.00. The summed E-state index contributed by atoms with van der Waals surface area (Å²) in [6, 6.07) is -1.35. The lowest BCUT2D eigenvalue weighted by molar-refractivity contribution is -0.131. The molecule has 0 aromatic carbocycles. The van der Waals surface area contributed by atoms with E-state index in [1.54, 1.807) is 0 Å². The van der Waals surface area contributed by atoms with E-state index in [4.69, 9.17) is 4.74 Å². The Morgan fingerprint density at radius 1 is 1.44 bits per heavy atom. The predicted octanol–water partition coefficient (Wildman–Crippen LogP) is -0.390. The molecule has 0 N–H and O–H groups in total. The van der Waals surface area contributed by atoms with Crippen LogP contribution < -0.4 is 0 Å². The van der Waals surface area contributed by atoms with Crippen LogP contribution in [0.1, 0.15) is 6.92 Å². The molecule has 0 aromatic heterocycles. The van der Waals surface area contributed by atoms with Crippen molar-refractivity contribution in [3.8, 4) is 0 Å². The van der Waals surface area contributed by atoms with Crippen molar-refractivity contribution < 1.29 is 23.9 Å². The Labute approximate surface area is 92.5 Å². The first-order valence-electron chi connectivity index (χ1n) is 5.06. The van der Waals surface area contributed by atoms with Crippen LogP contribution in [0.3, 0.4) is 0 Å². The van der Waals surface area contributed by atoms with Crippen LogP contribution in [-0.4, -0.2) is 55.0 Å². The van der Waals surface area contributed by atoms with E-state index in [1.165, 1.54) is 18.9 Å². The number of amides is 1. The monoisotopic (exact) mass is 227 g/mol. The summed E-state index contributed by atoms with van der Waals surface area (Å²) >= 11 is 0. The zero-order chi connectivity index (χ0) is 11.9. The molecule has 1 amide bonds. The van der Waals surface area contributed by atoms with Gasteiger partial charge in [-0.3, -0.25) is 14.5 Å². The third kappa shape index (κ3) is 1.41. The minimum Gasteiger partial charge on any atom is -0.453 e. The Morgan fingerprint density at radius 3 is 2.69 bits per heavy atom. The lowest BCUT2D eigenvalue weighted by Crippen LogP contribution is -2.47. The summed E-state index contributed by atoms with van der Waals surface area (Å²) in [6.07, 6.45) is -0.647. The lowest BCUT2D eigenvalue weighted by Gasteiger charge is -2.24. The number of ether oxygens (including phenoxy) is 2. The lowest BCUT2D eigenvalue weighted by atomic mass is 10.00. The fourth-order valence-electron chi connectivity index (χ4n) is 2.36. The minimum absolute atomic E-state index is 0.236. The third-order valence-corrected chi connectivity index (χ3v) is 3.09. The number of ketones is 2. The SMILES string of the molecule is COC(=O)N1C(C(C)=O)C(=O)[C@H]2COC[C@H]21. The molecule has 6 heteroatoms. The van der Waals surface area contributed by atoms with Gasteiger partial charge >= 0.3 is 6.09 Å². The Kier molecular flexibility index (Phi) is 2.67. The molecule has 6 nitrogen and oxygen atoms in total. The van der Waals surface area contributed by atoms with E-state index in [2.05, 4.69) is 4.74 Å². The van der Waals surface area contributed by atoms with Crippen molar-refractivity contribution in [2.24, 2.45) is 5.92 Å². The Hall–Kier alpha value is -1.43. The number of rotatable bonds is 1. The van der Waals surface area contributed by atoms with Gasteiger partial charge in [0.1, 0.15) is 0 Å². The number of hydrogen-bond acceptors (Lipinski definition) is 5. The van der Waals surface area contributed by atoms with E-state index in [9.17, 15) is 14.4 Å². The summed E-state index contributed by atoms with van der Waals surface area (Å²) in [5, 5.41) is 0. The first kappa shape index (κ1) is 11.1. The number of fused-ring (bicyclic) bond motifs is 1. The molecule has 2 heterocycles. The van der Waals surface area contributed by atoms with Gasteiger partial charge in [0.2, 0.25) is 0 Å². The van der Waals surface area contributed by atoms with E-state index in [-0.39, 0.29) is 36.7 Å². The van der Waals surface area contributed by atoms with Gasteiger partial charge < -0.3 is 9.47 Å². The molecule has 0 radical (unpaired) electrons. The summed E-state index contributed by atoms with van der Waals surface area (Å²) in [5.74, 6) is -0.946. The number of carbonyl (C=O) groups is 3. The molecular weight excluding hydrogens is 214 g/mol. The van der Waals surface area contributed by atoms with Crippen molar-refractivity contribution in [3.63, 3.8) is 0 Å². The van der Waals surface area contributed by atoms with Crippen LogP contribution in [0, 0.1) is 5.92 Å². The van der Waals surface area contributed by atoms with Crippen molar-refractivity contribution in [2.75, 3.05) is 20.3 Å². The van der Waals surface area contributed by atoms with Crippen LogP contribution in [0.5, 0.6) is 0 Å². The summed E-state index contributed by atoms with van der Waals surface area (Å²) < 4.78 is 9.75. The average molecular weight is 227 g/mol. The summed E-state index contributed by atoms with van der Waals surface area (Å²) in [5.41, 5.74) is 0. The summed E-state index contributed by atoms with van der Waals surface area (Å²) in [6.45, 7) is 1.87. The van der Waals surface area contributed by atoms with Gasteiger partial charge in [-0.25, -0.2) is 4.79 Å². The number of likely N-dealkylation sites (tertiary alicyclic amines) is 1. The van der Waals surface area contributed by atoms with E-state index < -0.39 is 12.1 Å². The van der Waals surface area contributed by atoms with Crippen LogP contribution in [0.4, 0.5) is 4.79 Å². The molecule has 0 aromatic rings. The first-order valence-corrected chi connectivity index (χ1v) is 5.06. The van der Waals surface area contributed by atoms with Crippen molar-refractivity contribution >= 4 is 17.7 Å². The minimum atomic E-state index is -0.994. The molecule has 88 valence electrons. The van der Waals surface area contributed by atoms with Gasteiger partial charge in [0.05, 0.1) is 32.3 Å². The number of nitrogens with zero attached hydrogens (tertiary/aromatic N) is 1. The largest absolute Gasteiger partial charge is 0.453 e. The maximum Gasteiger partial charge on any atom is 0.410 e. The average Bonchev–Trinajstić information content (AvgIpc) is 2.79. The molecule has 0 spiro atoms. The van der Waals surface area contributed by atoms with E-state index >= 15 is 0 Å². The van der Waals surface area contributed by atoms with Crippen LogP contribution in [0.2, 0.25) is 0 Å². The number of methoxy groups -OCH3 is 1. The van der Waals surface area contributed by atoms with E-state index in [0.717, 1.165) is 0 Å². The predicted molar refractivity (Wildman–Crippen MR) is 51.8 cm³/mol. The van der Waals surface area contributed by atoms with Gasteiger partial charge in [-0.05, 0) is 6.92 Å². The fourth-order valence-corrected chi connectivity index (χ4v) is 2.36. The maximum atomic E-state index is 11.9. The normalized spacial score (nSPS) is 32.8. The molecule has 2 rings (SSSR count). The molecule has 2 aliphatic heterocycles. The van der Waals surface area contributed by atoms with Crippen molar-refractivity contribution in [3.05, 3.63) is 0 Å². The Bertz CT molecular complexity index is 353. The molecule has 2 saturated heterocycles. The molecule has 16 heavy (non-hydrogen) atoms. The smallest absolute Gasteiger partial charge is 0.410 e. The zero-order valence-electron chi connectivity index (χ0n) is 9.13.